The maximum absolute atomic E-state index is 13.1. The van der Waals surface area contributed by atoms with Crippen LogP contribution in [-0.2, 0) is 0 Å². The van der Waals surface area contributed by atoms with Crippen LogP contribution in [0.5, 0.6) is 17.2 Å². The van der Waals surface area contributed by atoms with Gasteiger partial charge in [-0.1, -0.05) is 12.1 Å². The highest BCUT2D eigenvalue weighted by atomic mass is 16.5. The quantitative estimate of drug-likeness (QED) is 0.312. The van der Waals surface area contributed by atoms with Crippen molar-refractivity contribution in [1.29, 1.82) is 0 Å². The highest BCUT2D eigenvalue weighted by Crippen LogP contribution is 2.45. The molecule has 0 spiro atoms. The number of phenolic OH excluding ortho intramolecular Hbond substituents is 2. The monoisotopic (exact) mass is 390 g/mol. The van der Waals surface area contributed by atoms with Crippen LogP contribution in [0.25, 0.3) is 11.1 Å². The lowest BCUT2D eigenvalue weighted by Gasteiger charge is -2.23. The molecular weight excluding hydrogens is 372 g/mol. The van der Waals surface area contributed by atoms with E-state index in [-0.39, 0.29) is 45.1 Å². The summed E-state index contributed by atoms with van der Waals surface area (Å²) in [6.07, 6.45) is 0. The first-order valence-corrected chi connectivity index (χ1v) is 8.94. The molecule has 3 aromatic rings. The Morgan fingerprint density at radius 3 is 2.10 bits per heavy atom. The van der Waals surface area contributed by atoms with Gasteiger partial charge in [-0.25, -0.2) is 0 Å². The summed E-state index contributed by atoms with van der Waals surface area (Å²) in [4.78, 5) is 26.1. The number of nitrogen functional groups attached to an aromatic ring is 2. The third-order valence-corrected chi connectivity index (χ3v) is 4.93. The van der Waals surface area contributed by atoms with Crippen LogP contribution in [0.3, 0.4) is 0 Å². The number of nitrogens with two attached hydrogens (primary N) is 2. The molecule has 0 fully saturated rings. The van der Waals surface area contributed by atoms with E-state index in [4.69, 9.17) is 16.2 Å². The molecule has 0 unspecified atom stereocenters. The Bertz CT molecular complexity index is 1180. The fraction of sp³-hybridized carbons (Fsp3) is 0.0909. The van der Waals surface area contributed by atoms with Crippen molar-refractivity contribution in [2.45, 2.75) is 6.92 Å². The lowest BCUT2D eigenvalue weighted by atomic mass is 9.80. The van der Waals surface area contributed by atoms with E-state index in [1.165, 1.54) is 18.2 Å². The van der Waals surface area contributed by atoms with Crippen LogP contribution in [0.1, 0.15) is 38.8 Å². The topological polar surface area (TPSA) is 136 Å². The van der Waals surface area contributed by atoms with Crippen LogP contribution < -0.4 is 16.2 Å². The Balaban J connectivity index is 1.94. The van der Waals surface area contributed by atoms with Crippen LogP contribution in [0, 0.1) is 0 Å². The lowest BCUT2D eigenvalue weighted by Crippen LogP contribution is -2.24. The van der Waals surface area contributed by atoms with E-state index >= 15 is 0 Å². The maximum Gasteiger partial charge on any atom is 0.200 e. The third kappa shape index (κ3) is 2.67. The van der Waals surface area contributed by atoms with Crippen LogP contribution in [0.2, 0.25) is 0 Å². The predicted molar refractivity (Wildman–Crippen MR) is 109 cm³/mol. The average molecular weight is 390 g/mol. The molecule has 7 nitrogen and oxygen atoms in total. The zero-order valence-electron chi connectivity index (χ0n) is 15.5. The van der Waals surface area contributed by atoms with Gasteiger partial charge < -0.3 is 26.4 Å². The number of ketones is 2. The molecular formula is C22H18N2O5. The van der Waals surface area contributed by atoms with Gasteiger partial charge in [0.25, 0.3) is 0 Å². The molecule has 0 heterocycles. The molecule has 1 aliphatic carbocycles. The molecule has 29 heavy (non-hydrogen) atoms. The summed E-state index contributed by atoms with van der Waals surface area (Å²) in [7, 11) is 0. The molecule has 6 N–H and O–H groups in total. The molecule has 0 aliphatic heterocycles. The Kier molecular flexibility index (Phi) is 4.15. The van der Waals surface area contributed by atoms with Gasteiger partial charge in [0.2, 0.25) is 11.6 Å². The second-order valence-corrected chi connectivity index (χ2v) is 6.65. The van der Waals surface area contributed by atoms with Crippen LogP contribution in [0.4, 0.5) is 11.4 Å². The van der Waals surface area contributed by atoms with E-state index in [9.17, 15) is 19.8 Å². The molecule has 1 aliphatic rings. The van der Waals surface area contributed by atoms with E-state index in [1.807, 2.05) is 6.92 Å². The number of fused-ring (bicyclic) bond motifs is 2. The summed E-state index contributed by atoms with van der Waals surface area (Å²) in [6, 6.07) is 10.9. The minimum absolute atomic E-state index is 0.0208. The second kappa shape index (κ2) is 6.56. The third-order valence-electron chi connectivity index (χ3n) is 4.93. The molecule has 0 aromatic heterocycles. The van der Waals surface area contributed by atoms with E-state index in [0.717, 1.165) is 0 Å². The number of phenols is 2. The normalized spacial score (nSPS) is 12.4. The number of ether oxygens (including phenoxy) is 1. The van der Waals surface area contributed by atoms with Gasteiger partial charge in [-0.05, 0) is 42.8 Å². The van der Waals surface area contributed by atoms with Gasteiger partial charge in [-0.15, -0.1) is 0 Å². The summed E-state index contributed by atoms with van der Waals surface area (Å²) in [6.45, 7) is 2.38. The van der Waals surface area contributed by atoms with Crippen molar-refractivity contribution in [2.24, 2.45) is 0 Å². The van der Waals surface area contributed by atoms with Crippen molar-refractivity contribution in [1.82, 2.24) is 0 Å². The largest absolute Gasteiger partial charge is 0.507 e. The number of carbonyl (C=O) groups excluding carboxylic acids is 2. The van der Waals surface area contributed by atoms with E-state index in [2.05, 4.69) is 0 Å². The first-order chi connectivity index (χ1) is 13.8. The second-order valence-electron chi connectivity index (χ2n) is 6.65. The first kappa shape index (κ1) is 18.4. The Morgan fingerprint density at radius 1 is 0.828 bits per heavy atom. The molecule has 3 aromatic carbocycles. The molecule has 4 rings (SSSR count). The number of aromatic hydroxyl groups is 2. The molecule has 0 atom stereocenters. The summed E-state index contributed by atoms with van der Waals surface area (Å²) >= 11 is 0. The van der Waals surface area contributed by atoms with Crippen molar-refractivity contribution >= 4 is 22.9 Å². The summed E-state index contributed by atoms with van der Waals surface area (Å²) < 4.78 is 5.41. The molecule has 0 amide bonds. The molecule has 0 radical (unpaired) electrons. The van der Waals surface area contributed by atoms with Crippen molar-refractivity contribution in [3.05, 3.63) is 64.7 Å². The number of benzene rings is 3. The van der Waals surface area contributed by atoms with E-state index < -0.39 is 11.6 Å². The number of carbonyl (C=O) groups is 2. The van der Waals surface area contributed by atoms with Crippen LogP contribution >= 0.6 is 0 Å². The van der Waals surface area contributed by atoms with Gasteiger partial charge in [0.15, 0.2) is 0 Å². The average Bonchev–Trinajstić information content (AvgIpc) is 2.70. The summed E-state index contributed by atoms with van der Waals surface area (Å²) in [5.41, 5.74) is 12.2. The molecule has 0 saturated carbocycles. The maximum atomic E-state index is 13.1. The highest BCUT2D eigenvalue weighted by molar-refractivity contribution is 6.33. The minimum atomic E-state index is -0.667. The molecule has 0 bridgehead atoms. The van der Waals surface area contributed by atoms with Crippen molar-refractivity contribution < 1.29 is 24.5 Å². The number of hydrogen-bond acceptors (Lipinski definition) is 7. The molecule has 0 saturated heterocycles. The highest BCUT2D eigenvalue weighted by Gasteiger charge is 2.38. The SMILES string of the molecule is CCOc1ccc(-c2cc(N)c3c(c2O)C(=O)c2c(N)ccc(O)c2C3=O)cc1. The Labute approximate surface area is 166 Å². The van der Waals surface area contributed by atoms with Crippen molar-refractivity contribution in [3.8, 4) is 28.4 Å². The Hall–Kier alpha value is -4.00. The minimum Gasteiger partial charge on any atom is -0.507 e. The standard InChI is InChI=1S/C22H18N2O5/c1-2-29-11-5-3-10(4-6-11)12-9-14(24)17-19(20(12)26)22(28)16-13(23)7-8-15(25)18(16)21(17)27/h3-9,25-26H,2,23-24H2,1H3. The van der Waals surface area contributed by atoms with Gasteiger partial charge in [0.1, 0.15) is 17.2 Å². The van der Waals surface area contributed by atoms with Crippen LogP contribution in [0.15, 0.2) is 42.5 Å². The van der Waals surface area contributed by atoms with Gasteiger partial charge in [-0.2, -0.15) is 0 Å². The number of rotatable bonds is 3. The summed E-state index contributed by atoms with van der Waals surface area (Å²) in [5, 5.41) is 21.0. The molecule has 7 heteroatoms. The molecule has 146 valence electrons. The lowest BCUT2D eigenvalue weighted by molar-refractivity contribution is 0.0975. The zero-order chi connectivity index (χ0) is 20.9. The summed E-state index contributed by atoms with van der Waals surface area (Å²) in [5.74, 6) is -1.41. The van der Waals surface area contributed by atoms with Crippen molar-refractivity contribution in [2.75, 3.05) is 18.1 Å². The van der Waals surface area contributed by atoms with Crippen LogP contribution in [-0.4, -0.2) is 28.4 Å². The smallest absolute Gasteiger partial charge is 0.200 e. The van der Waals surface area contributed by atoms with E-state index in [1.54, 1.807) is 24.3 Å². The zero-order valence-corrected chi connectivity index (χ0v) is 15.5. The van der Waals surface area contributed by atoms with Crippen molar-refractivity contribution in [3.63, 3.8) is 0 Å². The predicted octanol–water partition coefficient (Wildman–Crippen LogP) is 3.10. The van der Waals surface area contributed by atoms with Gasteiger partial charge in [0, 0.05) is 16.9 Å². The van der Waals surface area contributed by atoms with Gasteiger partial charge in [-0.3, -0.25) is 9.59 Å². The fourth-order valence-electron chi connectivity index (χ4n) is 3.61. The number of hydrogen-bond donors (Lipinski definition) is 4. The van der Waals surface area contributed by atoms with Gasteiger partial charge >= 0.3 is 0 Å². The van der Waals surface area contributed by atoms with Gasteiger partial charge in [0.05, 0.1) is 28.9 Å². The fourth-order valence-corrected chi connectivity index (χ4v) is 3.61. The first-order valence-electron chi connectivity index (χ1n) is 8.94. The van der Waals surface area contributed by atoms with E-state index in [0.29, 0.717) is 23.5 Å². The number of anilines is 2. The Morgan fingerprint density at radius 2 is 1.45 bits per heavy atom.